The molecule has 0 saturated carbocycles. The summed E-state index contributed by atoms with van der Waals surface area (Å²) in [5.74, 6) is -0.455. The number of rotatable bonds is 16. The van der Waals surface area contributed by atoms with Gasteiger partial charge in [0.1, 0.15) is 12.2 Å². The summed E-state index contributed by atoms with van der Waals surface area (Å²) >= 11 is 0. The average Bonchev–Trinajstić information content (AvgIpc) is 2.62. The van der Waals surface area contributed by atoms with Crippen molar-refractivity contribution in [1.29, 1.82) is 0 Å². The van der Waals surface area contributed by atoms with E-state index in [9.17, 15) is 9.59 Å². The quantitative estimate of drug-likeness (QED) is 0.127. The van der Waals surface area contributed by atoms with Crippen LogP contribution >= 0.6 is 0 Å². The average molecular weight is 445 g/mol. The second-order valence-electron chi connectivity index (χ2n) is 9.36. The molecule has 1 unspecified atom stereocenters. The molecule has 1 atom stereocenters. The van der Waals surface area contributed by atoms with Crippen LogP contribution in [0.15, 0.2) is 5.11 Å². The lowest BCUT2D eigenvalue weighted by atomic mass is 9.91. The Morgan fingerprint density at radius 1 is 1.03 bits per heavy atom. The molecule has 10 nitrogen and oxygen atoms in total. The maximum absolute atomic E-state index is 11.8. The molecule has 180 valence electrons. The Morgan fingerprint density at radius 3 is 2.35 bits per heavy atom. The van der Waals surface area contributed by atoms with Gasteiger partial charge in [0.2, 0.25) is 5.91 Å². The van der Waals surface area contributed by atoms with Gasteiger partial charge in [-0.3, -0.25) is 4.79 Å². The Balaban J connectivity index is 3.81. The van der Waals surface area contributed by atoms with Gasteiger partial charge < -0.3 is 24.3 Å². The molecule has 0 spiro atoms. The number of ether oxygens (including phenoxy) is 4. The molecule has 0 rings (SSSR count). The first-order valence-electron chi connectivity index (χ1n) is 10.7. The van der Waals surface area contributed by atoms with Crippen molar-refractivity contribution in [2.45, 2.75) is 79.1 Å². The van der Waals surface area contributed by atoms with Crippen molar-refractivity contribution in [3.8, 4) is 0 Å². The van der Waals surface area contributed by atoms with Crippen molar-refractivity contribution in [2.75, 3.05) is 39.6 Å². The zero-order valence-corrected chi connectivity index (χ0v) is 19.9. The van der Waals surface area contributed by atoms with Crippen molar-refractivity contribution < 1.29 is 28.5 Å². The fourth-order valence-electron chi connectivity index (χ4n) is 2.40. The number of hydrogen-bond donors (Lipinski definition) is 1. The van der Waals surface area contributed by atoms with Gasteiger partial charge in [-0.15, -0.1) is 0 Å². The second-order valence-corrected chi connectivity index (χ2v) is 9.36. The summed E-state index contributed by atoms with van der Waals surface area (Å²) in [5, 5.41) is 6.42. The number of amides is 1. The highest BCUT2D eigenvalue weighted by molar-refractivity contribution is 5.75. The Kier molecular flexibility index (Phi) is 14.9. The van der Waals surface area contributed by atoms with E-state index < -0.39 is 17.8 Å². The number of carbonyl (C=O) groups excluding carboxylic acids is 2. The minimum absolute atomic E-state index is 0.00231. The van der Waals surface area contributed by atoms with E-state index >= 15 is 0 Å². The molecular formula is C21H40N4O6. The standard InChI is InChI=1S/C21H40N4O6/c1-20(2,3)10-8-11-23-17(26)9-7-12-28-15-18(24-25-22)30-14-13-29-16-19(27)31-21(4,5)6/h18H,7-16H2,1-6H3,(H,23,26). The van der Waals surface area contributed by atoms with Gasteiger partial charge in [-0.1, -0.05) is 25.9 Å². The van der Waals surface area contributed by atoms with Crippen LogP contribution in [0.3, 0.4) is 0 Å². The van der Waals surface area contributed by atoms with Crippen LogP contribution in [0.4, 0.5) is 0 Å². The molecule has 0 aromatic carbocycles. The second kappa shape index (κ2) is 15.9. The van der Waals surface area contributed by atoms with Crippen LogP contribution in [0.5, 0.6) is 0 Å². The van der Waals surface area contributed by atoms with Crippen molar-refractivity contribution in [1.82, 2.24) is 5.32 Å². The van der Waals surface area contributed by atoms with Crippen LogP contribution in [0.1, 0.15) is 67.2 Å². The molecule has 31 heavy (non-hydrogen) atoms. The normalized spacial score (nSPS) is 12.7. The Labute approximate surface area is 185 Å². The van der Waals surface area contributed by atoms with Crippen molar-refractivity contribution in [2.24, 2.45) is 10.5 Å². The Morgan fingerprint density at radius 2 is 1.74 bits per heavy atom. The highest BCUT2D eigenvalue weighted by Crippen LogP contribution is 2.19. The zero-order valence-electron chi connectivity index (χ0n) is 19.9. The molecular weight excluding hydrogens is 404 g/mol. The minimum atomic E-state index is -0.804. The summed E-state index contributed by atoms with van der Waals surface area (Å²) in [4.78, 5) is 26.0. The smallest absolute Gasteiger partial charge is 0.332 e. The monoisotopic (exact) mass is 444 g/mol. The van der Waals surface area contributed by atoms with Gasteiger partial charge in [-0.25, -0.2) is 4.79 Å². The molecule has 0 aliphatic carbocycles. The van der Waals surface area contributed by atoms with Gasteiger partial charge in [0.15, 0.2) is 6.23 Å². The largest absolute Gasteiger partial charge is 0.458 e. The summed E-state index contributed by atoms with van der Waals surface area (Å²) < 4.78 is 21.1. The van der Waals surface area contributed by atoms with Crippen LogP contribution in [0, 0.1) is 5.41 Å². The fraction of sp³-hybridized carbons (Fsp3) is 0.905. The van der Waals surface area contributed by atoms with Gasteiger partial charge >= 0.3 is 5.97 Å². The van der Waals surface area contributed by atoms with E-state index in [1.165, 1.54) is 0 Å². The van der Waals surface area contributed by atoms with Gasteiger partial charge in [0.25, 0.3) is 0 Å². The topological polar surface area (TPSA) is 132 Å². The Bertz CT molecular complexity index is 565. The lowest BCUT2D eigenvalue weighted by Crippen LogP contribution is -2.27. The van der Waals surface area contributed by atoms with Crippen LogP contribution in [0.2, 0.25) is 0 Å². The number of hydrogen-bond acceptors (Lipinski definition) is 7. The Hall–Kier alpha value is -1.87. The lowest BCUT2D eigenvalue weighted by Gasteiger charge is -2.19. The predicted octanol–water partition coefficient (Wildman–Crippen LogP) is 3.74. The molecule has 0 radical (unpaired) electrons. The molecule has 1 N–H and O–H groups in total. The summed E-state index contributed by atoms with van der Waals surface area (Å²) in [6, 6.07) is 0. The van der Waals surface area contributed by atoms with E-state index in [0.717, 1.165) is 12.8 Å². The lowest BCUT2D eigenvalue weighted by molar-refractivity contribution is -0.161. The molecule has 10 heteroatoms. The number of nitrogens with zero attached hydrogens (tertiary/aromatic N) is 3. The summed E-state index contributed by atoms with van der Waals surface area (Å²) in [7, 11) is 0. The third-order valence-corrected chi connectivity index (χ3v) is 3.74. The van der Waals surface area contributed by atoms with E-state index in [2.05, 4.69) is 36.1 Å². The molecule has 0 aromatic rings. The van der Waals surface area contributed by atoms with Gasteiger partial charge in [0.05, 0.1) is 19.8 Å². The van der Waals surface area contributed by atoms with Gasteiger partial charge in [-0.05, 0) is 51.0 Å². The zero-order chi connectivity index (χ0) is 23.8. The van der Waals surface area contributed by atoms with Crippen LogP contribution in [-0.4, -0.2) is 63.3 Å². The maximum Gasteiger partial charge on any atom is 0.332 e. The number of nitrogens with one attached hydrogen (secondary N) is 1. The van der Waals surface area contributed by atoms with Crippen LogP contribution in [-0.2, 0) is 28.5 Å². The molecule has 0 aliphatic rings. The van der Waals surface area contributed by atoms with Gasteiger partial charge in [-0.2, -0.15) is 0 Å². The highest BCUT2D eigenvalue weighted by Gasteiger charge is 2.16. The van der Waals surface area contributed by atoms with E-state index in [-0.39, 0.29) is 37.7 Å². The number of esters is 1. The number of azide groups is 1. The van der Waals surface area contributed by atoms with Crippen LogP contribution < -0.4 is 5.32 Å². The highest BCUT2D eigenvalue weighted by atomic mass is 16.6. The third-order valence-electron chi connectivity index (χ3n) is 3.74. The summed E-state index contributed by atoms with van der Waals surface area (Å²) in [6.45, 7) is 13.1. The molecule has 0 fully saturated rings. The van der Waals surface area contributed by atoms with Crippen LogP contribution in [0.25, 0.3) is 10.4 Å². The predicted molar refractivity (Wildman–Crippen MR) is 117 cm³/mol. The fourth-order valence-corrected chi connectivity index (χ4v) is 2.40. The number of carbonyl (C=O) groups is 2. The maximum atomic E-state index is 11.8. The molecule has 0 bridgehead atoms. The SMILES string of the molecule is CC(C)(C)CCCNC(=O)CCCOCC(N=[N+]=[N-])OCCOCC(=O)OC(C)(C)C. The first kappa shape index (κ1) is 29.1. The van der Waals surface area contributed by atoms with Crippen molar-refractivity contribution in [3.05, 3.63) is 10.4 Å². The molecule has 0 saturated heterocycles. The molecule has 0 heterocycles. The molecule has 0 aromatic heterocycles. The van der Waals surface area contributed by atoms with E-state index in [0.29, 0.717) is 26.0 Å². The summed E-state index contributed by atoms with van der Waals surface area (Å²) in [5.41, 5.74) is 8.34. The first-order valence-corrected chi connectivity index (χ1v) is 10.7. The first-order chi connectivity index (χ1) is 14.4. The minimum Gasteiger partial charge on any atom is -0.458 e. The molecule has 0 aliphatic heterocycles. The third kappa shape index (κ3) is 21.2. The van der Waals surface area contributed by atoms with E-state index in [4.69, 9.17) is 24.5 Å². The van der Waals surface area contributed by atoms with Crippen molar-refractivity contribution >= 4 is 11.9 Å². The van der Waals surface area contributed by atoms with E-state index in [1.54, 1.807) is 20.8 Å². The van der Waals surface area contributed by atoms with Crippen molar-refractivity contribution in [3.63, 3.8) is 0 Å². The van der Waals surface area contributed by atoms with Gasteiger partial charge in [0, 0.05) is 24.5 Å². The van der Waals surface area contributed by atoms with E-state index in [1.807, 2.05) is 0 Å². The molecule has 1 amide bonds. The summed E-state index contributed by atoms with van der Waals surface area (Å²) in [6.07, 6.45) is 2.15.